The molecule has 1 atom stereocenters. The molecule has 1 aromatic carbocycles. The van der Waals surface area contributed by atoms with Crippen LogP contribution in [-0.2, 0) is 6.54 Å². The van der Waals surface area contributed by atoms with Gasteiger partial charge in [-0.3, -0.25) is 0 Å². The highest BCUT2D eigenvalue weighted by atomic mass is 35.5. The molecule has 1 N–H and O–H groups in total. The minimum Gasteiger partial charge on any atom is -0.347 e. The molecule has 1 aromatic heterocycles. The molecule has 0 fully saturated rings. The van der Waals surface area contributed by atoms with Crippen LogP contribution in [0.2, 0.25) is 5.02 Å². The zero-order chi connectivity index (χ0) is 13.8. The number of rotatable bonds is 5. The Kier molecular flexibility index (Phi) is 4.80. The molecule has 0 radical (unpaired) electrons. The van der Waals surface area contributed by atoms with E-state index in [9.17, 15) is 0 Å². The van der Waals surface area contributed by atoms with Crippen molar-refractivity contribution < 1.29 is 0 Å². The van der Waals surface area contributed by atoms with Gasteiger partial charge in [-0.2, -0.15) is 0 Å². The van der Waals surface area contributed by atoms with E-state index in [1.165, 1.54) is 10.4 Å². The number of hydrogen-bond donors (Lipinski definition) is 1. The van der Waals surface area contributed by atoms with E-state index < -0.39 is 0 Å². The van der Waals surface area contributed by atoms with Crippen LogP contribution in [0.25, 0.3) is 0 Å². The Bertz CT molecular complexity index is 524. The summed E-state index contributed by atoms with van der Waals surface area (Å²) in [6.07, 6.45) is 1.94. The zero-order valence-electron chi connectivity index (χ0n) is 11.4. The first-order chi connectivity index (χ1) is 9.10. The maximum atomic E-state index is 5.89. The highest BCUT2D eigenvalue weighted by Crippen LogP contribution is 2.27. The molecular formula is C14H18ClN3S. The van der Waals surface area contributed by atoms with Crippen LogP contribution in [0.4, 0.5) is 5.13 Å². The third kappa shape index (κ3) is 3.69. The van der Waals surface area contributed by atoms with E-state index in [1.54, 1.807) is 11.3 Å². The van der Waals surface area contributed by atoms with Crippen LogP contribution in [0.3, 0.4) is 0 Å². The van der Waals surface area contributed by atoms with Crippen molar-refractivity contribution in [3.63, 3.8) is 0 Å². The first kappa shape index (κ1) is 14.3. The molecule has 0 saturated carbocycles. The molecule has 0 aliphatic carbocycles. The molecule has 0 aliphatic heterocycles. The molecule has 2 aromatic rings. The van der Waals surface area contributed by atoms with Crippen molar-refractivity contribution in [1.82, 2.24) is 10.3 Å². The monoisotopic (exact) mass is 295 g/mol. The van der Waals surface area contributed by atoms with Crippen LogP contribution in [-0.4, -0.2) is 19.1 Å². The topological polar surface area (TPSA) is 28.2 Å². The average molecular weight is 296 g/mol. The van der Waals surface area contributed by atoms with E-state index in [1.807, 2.05) is 37.5 Å². The first-order valence-electron chi connectivity index (χ1n) is 6.18. The molecule has 2 rings (SSSR count). The number of halogens is 1. The molecule has 19 heavy (non-hydrogen) atoms. The quantitative estimate of drug-likeness (QED) is 0.911. The van der Waals surface area contributed by atoms with Crippen LogP contribution in [0.15, 0.2) is 30.5 Å². The van der Waals surface area contributed by atoms with Gasteiger partial charge in [-0.15, -0.1) is 11.3 Å². The summed E-state index contributed by atoms with van der Waals surface area (Å²) in [4.78, 5) is 7.88. The Morgan fingerprint density at radius 2 is 2.05 bits per heavy atom. The largest absolute Gasteiger partial charge is 0.347 e. The first-order valence-corrected chi connectivity index (χ1v) is 7.38. The Labute approximate surface area is 123 Å². The second-order valence-electron chi connectivity index (χ2n) is 4.54. The summed E-state index contributed by atoms with van der Waals surface area (Å²) in [6, 6.07) is 8.27. The van der Waals surface area contributed by atoms with Gasteiger partial charge in [0.25, 0.3) is 0 Å². The SMILES string of the molecule is CNC(C)c1cnc(N(C)Cc2ccc(Cl)cc2)s1. The minimum atomic E-state index is 0.343. The molecule has 1 unspecified atom stereocenters. The third-order valence-electron chi connectivity index (χ3n) is 3.03. The minimum absolute atomic E-state index is 0.343. The molecule has 102 valence electrons. The van der Waals surface area contributed by atoms with E-state index in [4.69, 9.17) is 11.6 Å². The standard InChI is InChI=1S/C14H18ClN3S/c1-10(16-2)13-8-17-14(19-13)18(3)9-11-4-6-12(15)7-5-11/h4-8,10,16H,9H2,1-3H3. The van der Waals surface area contributed by atoms with Gasteiger partial charge < -0.3 is 10.2 Å². The second-order valence-corrected chi connectivity index (χ2v) is 6.02. The van der Waals surface area contributed by atoms with Gasteiger partial charge in [0.15, 0.2) is 5.13 Å². The van der Waals surface area contributed by atoms with Gasteiger partial charge >= 0.3 is 0 Å². The summed E-state index contributed by atoms with van der Waals surface area (Å²) in [7, 11) is 4.02. The van der Waals surface area contributed by atoms with Crippen molar-refractivity contribution in [3.05, 3.63) is 45.9 Å². The Hall–Kier alpha value is -1.10. The molecule has 0 spiro atoms. The predicted molar refractivity (Wildman–Crippen MR) is 83.1 cm³/mol. The molecule has 5 heteroatoms. The highest BCUT2D eigenvalue weighted by Gasteiger charge is 2.11. The average Bonchev–Trinajstić information content (AvgIpc) is 2.90. The van der Waals surface area contributed by atoms with Gasteiger partial charge in [0, 0.05) is 35.7 Å². The van der Waals surface area contributed by atoms with E-state index in [-0.39, 0.29) is 0 Å². The smallest absolute Gasteiger partial charge is 0.185 e. The fourth-order valence-electron chi connectivity index (χ4n) is 1.73. The zero-order valence-corrected chi connectivity index (χ0v) is 12.9. The number of nitrogens with one attached hydrogen (secondary N) is 1. The molecule has 0 saturated heterocycles. The van der Waals surface area contributed by atoms with E-state index >= 15 is 0 Å². The molecule has 0 aliphatic rings. The Morgan fingerprint density at radius 1 is 1.37 bits per heavy atom. The maximum Gasteiger partial charge on any atom is 0.185 e. The fourth-order valence-corrected chi connectivity index (χ4v) is 2.79. The van der Waals surface area contributed by atoms with E-state index in [0.29, 0.717) is 6.04 Å². The van der Waals surface area contributed by atoms with Gasteiger partial charge in [0.2, 0.25) is 0 Å². The lowest BCUT2D eigenvalue weighted by Crippen LogP contribution is -2.15. The third-order valence-corrected chi connectivity index (χ3v) is 4.58. The summed E-state index contributed by atoms with van der Waals surface area (Å²) >= 11 is 7.61. The lowest BCUT2D eigenvalue weighted by atomic mass is 10.2. The normalized spacial score (nSPS) is 12.4. The van der Waals surface area contributed by atoms with Gasteiger partial charge in [-0.25, -0.2) is 4.98 Å². The number of thiazole rings is 1. The summed E-state index contributed by atoms with van der Waals surface area (Å²) in [6.45, 7) is 2.97. The van der Waals surface area contributed by atoms with Gasteiger partial charge in [0.1, 0.15) is 0 Å². The van der Waals surface area contributed by atoms with Gasteiger partial charge in [-0.05, 0) is 31.7 Å². The molecule has 3 nitrogen and oxygen atoms in total. The van der Waals surface area contributed by atoms with Crippen LogP contribution >= 0.6 is 22.9 Å². The number of benzene rings is 1. The van der Waals surface area contributed by atoms with Crippen LogP contribution in [0, 0.1) is 0 Å². The van der Waals surface area contributed by atoms with E-state index in [2.05, 4.69) is 29.2 Å². The fraction of sp³-hybridized carbons (Fsp3) is 0.357. The maximum absolute atomic E-state index is 5.89. The number of nitrogens with zero attached hydrogens (tertiary/aromatic N) is 2. The van der Waals surface area contributed by atoms with Gasteiger partial charge in [0.05, 0.1) is 0 Å². The molecule has 0 amide bonds. The predicted octanol–water partition coefficient (Wildman–Crippen LogP) is 3.71. The second kappa shape index (κ2) is 6.37. The summed E-state index contributed by atoms with van der Waals surface area (Å²) in [5.74, 6) is 0. The van der Waals surface area contributed by atoms with Crippen LogP contribution < -0.4 is 10.2 Å². The number of hydrogen-bond acceptors (Lipinski definition) is 4. The molecular weight excluding hydrogens is 278 g/mol. The van der Waals surface area contributed by atoms with Crippen molar-refractivity contribution in [3.8, 4) is 0 Å². The van der Waals surface area contributed by atoms with E-state index in [0.717, 1.165) is 16.7 Å². The van der Waals surface area contributed by atoms with Crippen molar-refractivity contribution in [2.45, 2.75) is 19.5 Å². The highest BCUT2D eigenvalue weighted by molar-refractivity contribution is 7.15. The summed E-state index contributed by atoms with van der Waals surface area (Å²) in [5.41, 5.74) is 1.23. The van der Waals surface area contributed by atoms with Crippen LogP contribution in [0.1, 0.15) is 23.4 Å². The van der Waals surface area contributed by atoms with Crippen LogP contribution in [0.5, 0.6) is 0 Å². The lowest BCUT2D eigenvalue weighted by Gasteiger charge is -2.15. The molecule has 0 bridgehead atoms. The van der Waals surface area contributed by atoms with Crippen molar-refractivity contribution in [2.75, 3.05) is 19.0 Å². The number of aromatic nitrogens is 1. The van der Waals surface area contributed by atoms with Crippen molar-refractivity contribution in [1.29, 1.82) is 0 Å². The van der Waals surface area contributed by atoms with Crippen molar-refractivity contribution >= 4 is 28.1 Å². The lowest BCUT2D eigenvalue weighted by molar-refractivity contribution is 0.662. The van der Waals surface area contributed by atoms with Gasteiger partial charge in [-0.1, -0.05) is 23.7 Å². The molecule has 1 heterocycles. The Morgan fingerprint density at radius 3 is 2.68 bits per heavy atom. The van der Waals surface area contributed by atoms with Crippen molar-refractivity contribution in [2.24, 2.45) is 0 Å². The number of anilines is 1. The summed E-state index contributed by atoms with van der Waals surface area (Å²) < 4.78 is 0. The summed E-state index contributed by atoms with van der Waals surface area (Å²) in [5, 5.41) is 5.03. The Balaban J connectivity index is 2.05.